The maximum absolute atomic E-state index is 13.9. The van der Waals surface area contributed by atoms with Crippen LogP contribution in [0.15, 0.2) is 73.3 Å². The number of aromatic nitrogens is 2. The SMILES string of the molecule is COc1ccc(C(Cc2c(Cl)c[n+](O)cc2Cl)c2cc(CN(C(=O)O[C@H]3CN4CCC3CC4)c3cccnc3)ccc2C(=O)[O-])cc1OCC1CC1. The summed E-state index contributed by atoms with van der Waals surface area (Å²) in [6, 6.07) is 14.0. The topological polar surface area (TPSA) is 128 Å². The Morgan fingerprint density at radius 1 is 1.06 bits per heavy atom. The molecule has 3 saturated heterocycles. The van der Waals surface area contributed by atoms with Crippen molar-refractivity contribution in [3.8, 4) is 11.5 Å². The van der Waals surface area contributed by atoms with E-state index >= 15 is 0 Å². The lowest BCUT2D eigenvalue weighted by Crippen LogP contribution is -2.53. The average molecular weight is 748 g/mol. The fourth-order valence-corrected chi connectivity index (χ4v) is 7.85. The molecule has 5 heterocycles. The molecular weight excluding hydrogens is 707 g/mol. The van der Waals surface area contributed by atoms with Gasteiger partial charge in [-0.25, -0.2) is 4.79 Å². The lowest BCUT2D eigenvalue weighted by Gasteiger charge is -2.44. The Labute approximate surface area is 312 Å². The van der Waals surface area contributed by atoms with Crippen LogP contribution in [0.2, 0.25) is 10.0 Å². The number of fused-ring (bicyclic) bond motifs is 3. The van der Waals surface area contributed by atoms with E-state index in [0.717, 1.165) is 43.5 Å². The molecule has 4 aromatic rings. The number of hydrogen-bond acceptors (Lipinski definition) is 9. The minimum absolute atomic E-state index is 0.0341. The van der Waals surface area contributed by atoms with Gasteiger partial charge in [-0.05, 0) is 98.0 Å². The molecule has 272 valence electrons. The van der Waals surface area contributed by atoms with Crippen LogP contribution in [0, 0.1) is 11.8 Å². The number of pyridine rings is 2. The summed E-state index contributed by atoms with van der Waals surface area (Å²) in [5.74, 6) is -0.133. The number of amides is 1. The number of methoxy groups -OCH3 is 1. The van der Waals surface area contributed by atoms with Gasteiger partial charge in [0.05, 0.1) is 38.1 Å². The zero-order chi connectivity index (χ0) is 36.4. The predicted molar refractivity (Wildman–Crippen MR) is 191 cm³/mol. The number of carbonyl (C=O) groups is 2. The van der Waals surface area contributed by atoms with Crippen molar-refractivity contribution in [3.63, 3.8) is 0 Å². The summed E-state index contributed by atoms with van der Waals surface area (Å²) >= 11 is 13.3. The van der Waals surface area contributed by atoms with Gasteiger partial charge in [0.25, 0.3) is 0 Å². The normalized spacial score (nSPS) is 19.9. The molecule has 1 aliphatic carbocycles. The second-order valence-electron chi connectivity index (χ2n) is 13.8. The summed E-state index contributed by atoms with van der Waals surface area (Å²) in [5, 5.41) is 23.2. The Hall–Kier alpha value is -4.58. The number of hydrogen-bond donors (Lipinski definition) is 1. The monoisotopic (exact) mass is 746 g/mol. The Kier molecular flexibility index (Phi) is 10.7. The maximum atomic E-state index is 13.9. The highest BCUT2D eigenvalue weighted by molar-refractivity contribution is 6.35. The molecule has 3 aliphatic heterocycles. The van der Waals surface area contributed by atoms with Gasteiger partial charge in [0.2, 0.25) is 12.4 Å². The first kappa shape index (κ1) is 35.8. The first-order valence-electron chi connectivity index (χ1n) is 17.5. The van der Waals surface area contributed by atoms with Gasteiger partial charge in [0.15, 0.2) is 11.5 Å². The fraction of sp³-hybridized carbons (Fsp3) is 0.385. The number of anilines is 1. The Bertz CT molecular complexity index is 1910. The third-order valence-electron chi connectivity index (χ3n) is 10.3. The maximum Gasteiger partial charge on any atom is 0.414 e. The van der Waals surface area contributed by atoms with Crippen molar-refractivity contribution >= 4 is 41.0 Å². The van der Waals surface area contributed by atoms with Gasteiger partial charge >= 0.3 is 6.09 Å². The van der Waals surface area contributed by atoms with Crippen molar-refractivity contribution in [1.29, 1.82) is 0 Å². The fourth-order valence-electron chi connectivity index (χ4n) is 7.24. The second kappa shape index (κ2) is 15.6. The van der Waals surface area contributed by atoms with E-state index in [1.807, 2.05) is 12.1 Å². The van der Waals surface area contributed by atoms with E-state index in [1.165, 1.54) is 23.4 Å². The van der Waals surface area contributed by atoms with Gasteiger partial charge in [-0.3, -0.25) is 20.0 Å². The molecule has 2 bridgehead atoms. The lowest BCUT2D eigenvalue weighted by molar-refractivity contribution is -0.904. The number of rotatable bonds is 13. The molecule has 1 saturated carbocycles. The van der Waals surface area contributed by atoms with Crippen LogP contribution >= 0.6 is 23.2 Å². The molecule has 13 heteroatoms. The molecule has 1 N–H and O–H groups in total. The molecule has 1 amide bonds. The zero-order valence-corrected chi connectivity index (χ0v) is 30.3. The first-order valence-corrected chi connectivity index (χ1v) is 18.3. The molecule has 11 nitrogen and oxygen atoms in total. The van der Waals surface area contributed by atoms with Crippen LogP contribution in [0.25, 0.3) is 0 Å². The number of nitrogens with zero attached hydrogens (tertiary/aromatic N) is 4. The number of piperidine rings is 3. The van der Waals surface area contributed by atoms with Gasteiger partial charge < -0.3 is 24.1 Å². The van der Waals surface area contributed by atoms with Crippen molar-refractivity contribution in [2.45, 2.75) is 50.7 Å². The van der Waals surface area contributed by atoms with Crippen LogP contribution in [0.4, 0.5) is 10.5 Å². The lowest BCUT2D eigenvalue weighted by atomic mass is 9.82. The number of aromatic carboxylic acids is 1. The van der Waals surface area contributed by atoms with Crippen molar-refractivity contribution in [1.82, 2.24) is 9.88 Å². The standard InChI is InChI=1S/C39H40Cl2N4O7/c1-50-35-9-7-27(16-36(35)51-23-24-4-5-24)30(17-32-33(40)20-44(49)21-34(32)41)31-15-25(6-8-29(31)38(46)47)19-45(28-3-2-12-42-18-28)39(48)52-37-22-43-13-10-26(37)11-14-43/h2-3,6-9,12,15-16,18,20-21,24,26,30,37H,4-5,10-11,13-14,17,19,22-23H2,1H3,(H-,46,47,49)/t30?,37-/m0/s1. The summed E-state index contributed by atoms with van der Waals surface area (Å²) in [4.78, 5) is 34.8. The van der Waals surface area contributed by atoms with E-state index < -0.39 is 18.0 Å². The summed E-state index contributed by atoms with van der Waals surface area (Å²) in [6.45, 7) is 3.35. The van der Waals surface area contributed by atoms with Crippen LogP contribution in [-0.4, -0.2) is 66.6 Å². The van der Waals surface area contributed by atoms with Gasteiger partial charge in [-0.1, -0.05) is 47.5 Å². The van der Waals surface area contributed by atoms with E-state index in [-0.39, 0.29) is 34.7 Å². The molecule has 2 aromatic heterocycles. The minimum atomic E-state index is -1.37. The summed E-state index contributed by atoms with van der Waals surface area (Å²) in [7, 11) is 1.57. The molecule has 4 fully saturated rings. The highest BCUT2D eigenvalue weighted by Gasteiger charge is 2.37. The molecule has 1 unspecified atom stereocenters. The predicted octanol–water partition coefficient (Wildman–Crippen LogP) is 5.69. The Morgan fingerprint density at radius 2 is 1.83 bits per heavy atom. The molecule has 4 aliphatic rings. The van der Waals surface area contributed by atoms with Gasteiger partial charge in [0, 0.05) is 34.5 Å². The zero-order valence-electron chi connectivity index (χ0n) is 28.8. The van der Waals surface area contributed by atoms with Gasteiger partial charge in [0.1, 0.15) is 16.1 Å². The summed E-state index contributed by atoms with van der Waals surface area (Å²) in [6.07, 6.45) is 9.51. The van der Waals surface area contributed by atoms with Crippen molar-refractivity contribution in [2.75, 3.05) is 38.3 Å². The number of carbonyl (C=O) groups excluding carboxylic acids is 2. The number of ether oxygens (including phenoxy) is 3. The van der Waals surface area contributed by atoms with Crippen LogP contribution in [0.1, 0.15) is 64.2 Å². The number of carboxylic acids is 1. The van der Waals surface area contributed by atoms with E-state index in [9.17, 15) is 19.9 Å². The van der Waals surface area contributed by atoms with Crippen molar-refractivity contribution < 1.29 is 38.8 Å². The number of halogens is 2. The number of benzene rings is 2. The number of carboxylic acid groups (broad SMARTS) is 1. The van der Waals surface area contributed by atoms with Gasteiger partial charge in [-0.2, -0.15) is 0 Å². The second-order valence-corrected chi connectivity index (χ2v) is 14.6. The smallest absolute Gasteiger partial charge is 0.414 e. The quantitative estimate of drug-likeness (QED) is 0.136. The first-order chi connectivity index (χ1) is 25.2. The molecular formula is C39H40Cl2N4O7. The highest BCUT2D eigenvalue weighted by atomic mass is 35.5. The average Bonchev–Trinajstić information content (AvgIpc) is 3.98. The van der Waals surface area contributed by atoms with Crippen LogP contribution in [0.3, 0.4) is 0 Å². The molecule has 2 atom stereocenters. The van der Waals surface area contributed by atoms with Crippen molar-refractivity contribution in [2.24, 2.45) is 11.8 Å². The highest BCUT2D eigenvalue weighted by Crippen LogP contribution is 2.40. The third kappa shape index (κ3) is 8.06. The van der Waals surface area contributed by atoms with E-state index in [2.05, 4.69) is 9.88 Å². The molecule has 8 rings (SSSR count). The van der Waals surface area contributed by atoms with E-state index in [0.29, 0.717) is 64.4 Å². The molecule has 0 spiro atoms. The Morgan fingerprint density at radius 3 is 2.46 bits per heavy atom. The van der Waals surface area contributed by atoms with Gasteiger partial charge in [-0.15, -0.1) is 0 Å². The van der Waals surface area contributed by atoms with E-state index in [4.69, 9.17) is 37.4 Å². The van der Waals surface area contributed by atoms with Crippen LogP contribution in [0.5, 0.6) is 11.5 Å². The third-order valence-corrected chi connectivity index (χ3v) is 11.0. The van der Waals surface area contributed by atoms with E-state index in [1.54, 1.807) is 49.8 Å². The Balaban J connectivity index is 1.28. The van der Waals surface area contributed by atoms with Crippen LogP contribution in [-0.2, 0) is 17.7 Å². The summed E-state index contributed by atoms with van der Waals surface area (Å²) < 4.78 is 18.7. The van der Waals surface area contributed by atoms with Crippen LogP contribution < -0.4 is 24.2 Å². The largest absolute Gasteiger partial charge is 0.545 e. The van der Waals surface area contributed by atoms with Crippen molar-refractivity contribution in [3.05, 3.63) is 111 Å². The molecule has 2 aromatic carbocycles. The molecule has 0 radical (unpaired) electrons. The molecule has 52 heavy (non-hydrogen) atoms. The minimum Gasteiger partial charge on any atom is -0.545 e. The summed E-state index contributed by atoms with van der Waals surface area (Å²) in [5.41, 5.74) is 2.79.